The Labute approximate surface area is 160 Å². The smallest absolute Gasteiger partial charge is 0.227 e. The summed E-state index contributed by atoms with van der Waals surface area (Å²) < 4.78 is 24.5. The number of thiazole rings is 1. The van der Waals surface area contributed by atoms with E-state index >= 15 is 0 Å². The van der Waals surface area contributed by atoms with Gasteiger partial charge in [0.1, 0.15) is 0 Å². The summed E-state index contributed by atoms with van der Waals surface area (Å²) in [7, 11) is -3.15. The van der Waals surface area contributed by atoms with Crippen molar-refractivity contribution in [3.05, 3.63) is 11.1 Å². The Kier molecular flexibility index (Phi) is 6.69. The molecule has 6 nitrogen and oxygen atoms in total. The molecule has 0 spiro atoms. The number of sulfone groups is 1. The number of hydrogen-bond donors (Lipinski definition) is 1. The SMILES string of the molecule is CC1CCCN(Cc2csc(NC(=O)CCS(=O)(=O)C3CCCC3)n2)C1. The molecule has 1 aliphatic heterocycles. The number of hydrogen-bond acceptors (Lipinski definition) is 6. The second-order valence-electron chi connectivity index (χ2n) is 7.70. The van der Waals surface area contributed by atoms with Crippen LogP contribution in [-0.4, -0.2) is 48.3 Å². The van der Waals surface area contributed by atoms with Crippen molar-refractivity contribution >= 4 is 32.2 Å². The molecular weight excluding hydrogens is 370 g/mol. The molecule has 1 saturated carbocycles. The van der Waals surface area contributed by atoms with Crippen LogP contribution in [0.2, 0.25) is 0 Å². The Hall–Kier alpha value is -0.990. The Balaban J connectivity index is 1.45. The maximum atomic E-state index is 12.2. The van der Waals surface area contributed by atoms with E-state index in [4.69, 9.17) is 0 Å². The van der Waals surface area contributed by atoms with Crippen molar-refractivity contribution in [2.24, 2.45) is 5.92 Å². The molecule has 0 aromatic carbocycles. The van der Waals surface area contributed by atoms with Crippen LogP contribution in [0.5, 0.6) is 0 Å². The molecule has 1 aromatic heterocycles. The molecule has 146 valence electrons. The summed E-state index contributed by atoms with van der Waals surface area (Å²) in [6.45, 7) is 5.28. The van der Waals surface area contributed by atoms with Crippen molar-refractivity contribution < 1.29 is 13.2 Å². The fraction of sp³-hybridized carbons (Fsp3) is 0.778. The molecule has 1 atom stereocenters. The van der Waals surface area contributed by atoms with Gasteiger partial charge in [0.2, 0.25) is 5.91 Å². The fourth-order valence-corrected chi connectivity index (χ4v) is 6.50. The number of aromatic nitrogens is 1. The highest BCUT2D eigenvalue weighted by Crippen LogP contribution is 2.26. The molecule has 2 aliphatic rings. The first-order valence-electron chi connectivity index (χ1n) is 9.60. The lowest BCUT2D eigenvalue weighted by molar-refractivity contribution is -0.115. The van der Waals surface area contributed by atoms with Gasteiger partial charge in [0.15, 0.2) is 15.0 Å². The molecule has 1 amide bonds. The monoisotopic (exact) mass is 399 g/mol. The van der Waals surface area contributed by atoms with Crippen molar-refractivity contribution in [2.75, 3.05) is 24.2 Å². The van der Waals surface area contributed by atoms with Gasteiger partial charge in [-0.15, -0.1) is 11.3 Å². The van der Waals surface area contributed by atoms with E-state index in [0.29, 0.717) is 5.13 Å². The summed E-state index contributed by atoms with van der Waals surface area (Å²) in [5.74, 6) is 0.398. The van der Waals surface area contributed by atoms with E-state index in [0.717, 1.165) is 56.9 Å². The van der Waals surface area contributed by atoms with E-state index in [-0.39, 0.29) is 23.3 Å². The summed E-state index contributed by atoms with van der Waals surface area (Å²) in [5, 5.41) is 5.05. The third-order valence-corrected chi connectivity index (χ3v) is 8.42. The normalized spacial score (nSPS) is 22.6. The Bertz CT molecular complexity index is 711. The molecule has 8 heteroatoms. The lowest BCUT2D eigenvalue weighted by Crippen LogP contribution is -2.33. The van der Waals surface area contributed by atoms with Gasteiger partial charge in [0.05, 0.1) is 16.7 Å². The second kappa shape index (κ2) is 8.80. The summed E-state index contributed by atoms with van der Waals surface area (Å²) in [5.41, 5.74) is 0.970. The summed E-state index contributed by atoms with van der Waals surface area (Å²) >= 11 is 1.41. The van der Waals surface area contributed by atoms with Gasteiger partial charge in [-0.25, -0.2) is 13.4 Å². The third-order valence-electron chi connectivity index (χ3n) is 5.35. The lowest BCUT2D eigenvalue weighted by atomic mass is 10.0. The lowest BCUT2D eigenvalue weighted by Gasteiger charge is -2.30. The Morgan fingerprint density at radius 2 is 2.08 bits per heavy atom. The fourth-order valence-electron chi connectivity index (χ4n) is 3.93. The molecule has 3 rings (SSSR count). The van der Waals surface area contributed by atoms with E-state index in [1.165, 1.54) is 24.2 Å². The van der Waals surface area contributed by atoms with E-state index in [2.05, 4.69) is 22.1 Å². The number of piperidine rings is 1. The maximum Gasteiger partial charge on any atom is 0.227 e. The zero-order valence-corrected chi connectivity index (χ0v) is 17.1. The van der Waals surface area contributed by atoms with Crippen molar-refractivity contribution in [1.82, 2.24) is 9.88 Å². The number of carbonyl (C=O) groups is 1. The van der Waals surface area contributed by atoms with E-state index < -0.39 is 9.84 Å². The number of amides is 1. The predicted octanol–water partition coefficient (Wildman–Crippen LogP) is 3.06. The summed E-state index contributed by atoms with van der Waals surface area (Å²) in [6, 6.07) is 0. The van der Waals surface area contributed by atoms with Crippen LogP contribution in [-0.2, 0) is 21.2 Å². The molecule has 1 N–H and O–H groups in total. The van der Waals surface area contributed by atoms with Crippen LogP contribution in [0.4, 0.5) is 5.13 Å². The molecule has 2 fully saturated rings. The standard InChI is InChI=1S/C18H29N3O3S2/c1-14-5-4-9-21(11-14)12-15-13-25-18(19-15)20-17(22)8-10-26(23,24)16-6-2-3-7-16/h13-14,16H,2-12H2,1H3,(H,19,20,22). The number of rotatable bonds is 7. The second-order valence-corrected chi connectivity index (χ2v) is 11.0. The van der Waals surface area contributed by atoms with Crippen molar-refractivity contribution in [3.8, 4) is 0 Å². The van der Waals surface area contributed by atoms with Gasteiger partial charge in [-0.2, -0.15) is 0 Å². The summed E-state index contributed by atoms with van der Waals surface area (Å²) in [6.07, 6.45) is 5.98. The van der Waals surface area contributed by atoms with Gasteiger partial charge in [-0.3, -0.25) is 9.69 Å². The van der Waals surface area contributed by atoms with Crippen LogP contribution in [0.25, 0.3) is 0 Å². The number of nitrogens with zero attached hydrogens (tertiary/aromatic N) is 2. The minimum atomic E-state index is -3.15. The van der Waals surface area contributed by atoms with Gasteiger partial charge in [-0.05, 0) is 38.1 Å². The highest BCUT2D eigenvalue weighted by Gasteiger charge is 2.29. The maximum absolute atomic E-state index is 12.2. The molecule has 1 saturated heterocycles. The highest BCUT2D eigenvalue weighted by molar-refractivity contribution is 7.92. The van der Waals surface area contributed by atoms with Crippen LogP contribution in [0.3, 0.4) is 0 Å². The van der Waals surface area contributed by atoms with Crippen molar-refractivity contribution in [3.63, 3.8) is 0 Å². The van der Waals surface area contributed by atoms with Gasteiger partial charge in [-0.1, -0.05) is 19.8 Å². The molecule has 1 unspecified atom stereocenters. The van der Waals surface area contributed by atoms with E-state index in [1.54, 1.807) is 0 Å². The topological polar surface area (TPSA) is 79.4 Å². The third kappa shape index (κ3) is 5.50. The Morgan fingerprint density at radius 1 is 1.31 bits per heavy atom. The molecule has 2 heterocycles. The molecule has 0 radical (unpaired) electrons. The average molecular weight is 400 g/mol. The number of anilines is 1. The molecule has 26 heavy (non-hydrogen) atoms. The first-order valence-corrected chi connectivity index (χ1v) is 12.2. The minimum Gasteiger partial charge on any atom is -0.302 e. The zero-order valence-electron chi connectivity index (χ0n) is 15.4. The quantitative estimate of drug-likeness (QED) is 0.762. The van der Waals surface area contributed by atoms with Crippen LogP contribution in [0.15, 0.2) is 5.38 Å². The minimum absolute atomic E-state index is 0.0113. The number of likely N-dealkylation sites (tertiary alicyclic amines) is 1. The molecule has 1 aliphatic carbocycles. The first kappa shape index (κ1) is 19.8. The van der Waals surface area contributed by atoms with Gasteiger partial charge >= 0.3 is 0 Å². The van der Waals surface area contributed by atoms with Gasteiger partial charge in [0, 0.05) is 24.9 Å². The van der Waals surface area contributed by atoms with Crippen LogP contribution in [0.1, 0.15) is 57.6 Å². The summed E-state index contributed by atoms with van der Waals surface area (Å²) in [4.78, 5) is 19.0. The van der Waals surface area contributed by atoms with Gasteiger partial charge < -0.3 is 5.32 Å². The largest absolute Gasteiger partial charge is 0.302 e. The number of nitrogens with one attached hydrogen (secondary N) is 1. The predicted molar refractivity (Wildman–Crippen MR) is 105 cm³/mol. The molecule has 1 aromatic rings. The zero-order chi connectivity index (χ0) is 18.6. The number of carbonyl (C=O) groups excluding carboxylic acids is 1. The van der Waals surface area contributed by atoms with E-state index in [9.17, 15) is 13.2 Å². The molecule has 0 bridgehead atoms. The van der Waals surface area contributed by atoms with Gasteiger partial charge in [0.25, 0.3) is 0 Å². The average Bonchev–Trinajstić information content (AvgIpc) is 3.26. The molecular formula is C18H29N3O3S2. The first-order chi connectivity index (χ1) is 12.4. The van der Waals surface area contributed by atoms with Crippen LogP contribution in [0, 0.1) is 5.92 Å². The Morgan fingerprint density at radius 3 is 2.81 bits per heavy atom. The van der Waals surface area contributed by atoms with Crippen LogP contribution >= 0.6 is 11.3 Å². The highest BCUT2D eigenvalue weighted by atomic mass is 32.2. The van der Waals surface area contributed by atoms with Crippen LogP contribution < -0.4 is 5.32 Å². The van der Waals surface area contributed by atoms with Crippen molar-refractivity contribution in [2.45, 2.75) is 63.7 Å². The van der Waals surface area contributed by atoms with E-state index in [1.807, 2.05) is 5.38 Å². The van der Waals surface area contributed by atoms with Crippen molar-refractivity contribution in [1.29, 1.82) is 0 Å².